The molecular formula is C14H7FN4O3S. The van der Waals surface area contributed by atoms with Crippen LogP contribution in [-0.4, -0.2) is 26.4 Å². The zero-order chi connectivity index (χ0) is 16.3. The van der Waals surface area contributed by atoms with Crippen LogP contribution in [0.15, 0.2) is 29.1 Å². The number of carbonyl (C=O) groups is 2. The molecule has 3 heterocycles. The van der Waals surface area contributed by atoms with Gasteiger partial charge in [-0.1, -0.05) is 11.3 Å². The van der Waals surface area contributed by atoms with Gasteiger partial charge in [0.05, 0.1) is 5.69 Å². The molecule has 0 spiro atoms. The SMILES string of the molecule is Cc1nn2c3c(sc2nc1=O)C(=O)N(c1ccc(F)cc1)C3=O. The number of aromatic nitrogens is 3. The number of amides is 2. The maximum atomic E-state index is 13.0. The molecule has 114 valence electrons. The summed E-state index contributed by atoms with van der Waals surface area (Å²) in [6.45, 7) is 1.48. The Morgan fingerprint density at radius 3 is 2.48 bits per heavy atom. The van der Waals surface area contributed by atoms with Crippen LogP contribution in [0.2, 0.25) is 0 Å². The molecule has 7 nitrogen and oxygen atoms in total. The fraction of sp³-hybridized carbons (Fsp3) is 0.0714. The lowest BCUT2D eigenvalue weighted by molar-refractivity contribution is 0.0924. The topological polar surface area (TPSA) is 84.6 Å². The van der Waals surface area contributed by atoms with E-state index in [1.807, 2.05) is 0 Å². The van der Waals surface area contributed by atoms with Crippen LogP contribution in [0.3, 0.4) is 0 Å². The molecular weight excluding hydrogens is 323 g/mol. The molecule has 0 unspecified atom stereocenters. The first-order valence-electron chi connectivity index (χ1n) is 6.52. The van der Waals surface area contributed by atoms with Gasteiger partial charge >= 0.3 is 0 Å². The van der Waals surface area contributed by atoms with Crippen LogP contribution in [-0.2, 0) is 0 Å². The van der Waals surface area contributed by atoms with Gasteiger partial charge in [0.15, 0.2) is 5.69 Å². The number of hydrogen-bond donors (Lipinski definition) is 0. The van der Waals surface area contributed by atoms with Gasteiger partial charge in [0.2, 0.25) is 4.96 Å². The number of aryl methyl sites for hydroxylation is 1. The Labute approximate surface area is 131 Å². The minimum absolute atomic E-state index is 0.0647. The zero-order valence-electron chi connectivity index (χ0n) is 11.6. The summed E-state index contributed by atoms with van der Waals surface area (Å²) < 4.78 is 14.2. The Kier molecular flexibility index (Phi) is 2.70. The molecule has 3 aromatic rings. The van der Waals surface area contributed by atoms with Gasteiger partial charge in [0.25, 0.3) is 17.4 Å². The van der Waals surface area contributed by atoms with Crippen molar-refractivity contribution in [1.82, 2.24) is 14.6 Å². The molecule has 9 heteroatoms. The van der Waals surface area contributed by atoms with Crippen molar-refractivity contribution in [2.75, 3.05) is 4.90 Å². The number of thiazole rings is 1. The largest absolute Gasteiger partial charge is 0.295 e. The molecule has 2 amide bonds. The van der Waals surface area contributed by atoms with Crippen LogP contribution in [0.5, 0.6) is 0 Å². The third kappa shape index (κ3) is 1.83. The highest BCUT2D eigenvalue weighted by Crippen LogP contribution is 2.33. The quantitative estimate of drug-likeness (QED) is 0.630. The van der Waals surface area contributed by atoms with E-state index < -0.39 is 23.2 Å². The third-order valence-corrected chi connectivity index (χ3v) is 4.46. The molecule has 0 atom stereocenters. The van der Waals surface area contributed by atoms with Gasteiger partial charge in [0.1, 0.15) is 16.4 Å². The second-order valence-corrected chi connectivity index (χ2v) is 5.88. The predicted octanol–water partition coefficient (Wildman–Crippen LogP) is 1.40. The minimum atomic E-state index is -0.583. The van der Waals surface area contributed by atoms with Gasteiger partial charge in [-0.2, -0.15) is 14.6 Å². The van der Waals surface area contributed by atoms with Gasteiger partial charge in [-0.25, -0.2) is 9.29 Å². The fourth-order valence-corrected chi connectivity index (χ4v) is 3.33. The van der Waals surface area contributed by atoms with Crippen molar-refractivity contribution >= 4 is 33.8 Å². The number of carbonyl (C=O) groups excluding carboxylic acids is 2. The Morgan fingerprint density at radius 1 is 1.09 bits per heavy atom. The second kappa shape index (κ2) is 4.53. The molecule has 0 aliphatic carbocycles. The predicted molar refractivity (Wildman–Crippen MR) is 79.4 cm³/mol. The first-order valence-corrected chi connectivity index (χ1v) is 7.34. The van der Waals surface area contributed by atoms with E-state index >= 15 is 0 Å². The average Bonchev–Trinajstić information content (AvgIpc) is 2.98. The molecule has 0 saturated carbocycles. The van der Waals surface area contributed by atoms with Crippen LogP contribution in [0, 0.1) is 12.7 Å². The van der Waals surface area contributed by atoms with E-state index in [-0.39, 0.29) is 26.9 Å². The highest BCUT2D eigenvalue weighted by molar-refractivity contribution is 7.19. The number of imide groups is 1. The molecule has 0 radical (unpaired) electrons. The number of rotatable bonds is 1. The summed E-state index contributed by atoms with van der Waals surface area (Å²) in [5, 5.41) is 4.03. The van der Waals surface area contributed by atoms with E-state index in [4.69, 9.17) is 0 Å². The minimum Gasteiger partial charge on any atom is -0.267 e. The summed E-state index contributed by atoms with van der Waals surface area (Å²) in [6, 6.07) is 5.03. The molecule has 0 bridgehead atoms. The van der Waals surface area contributed by atoms with E-state index in [1.54, 1.807) is 0 Å². The van der Waals surface area contributed by atoms with E-state index in [2.05, 4.69) is 10.1 Å². The molecule has 4 rings (SSSR count). The Morgan fingerprint density at radius 2 is 1.78 bits per heavy atom. The number of benzene rings is 1. The smallest absolute Gasteiger partial charge is 0.267 e. The molecule has 0 saturated heterocycles. The van der Waals surface area contributed by atoms with Crippen LogP contribution in [0.4, 0.5) is 10.1 Å². The molecule has 1 aliphatic rings. The van der Waals surface area contributed by atoms with Crippen molar-refractivity contribution in [1.29, 1.82) is 0 Å². The van der Waals surface area contributed by atoms with Crippen molar-refractivity contribution in [2.24, 2.45) is 0 Å². The van der Waals surface area contributed by atoms with Gasteiger partial charge in [-0.15, -0.1) is 0 Å². The van der Waals surface area contributed by atoms with Crippen molar-refractivity contribution < 1.29 is 14.0 Å². The maximum Gasteiger partial charge on any atom is 0.295 e. The van der Waals surface area contributed by atoms with Crippen molar-refractivity contribution in [3.63, 3.8) is 0 Å². The van der Waals surface area contributed by atoms with E-state index in [9.17, 15) is 18.8 Å². The van der Waals surface area contributed by atoms with Gasteiger partial charge in [-0.3, -0.25) is 14.4 Å². The molecule has 2 aromatic heterocycles. The summed E-state index contributed by atoms with van der Waals surface area (Å²) in [5.41, 5.74) is -0.0394. The van der Waals surface area contributed by atoms with Gasteiger partial charge in [-0.05, 0) is 31.2 Å². The maximum absolute atomic E-state index is 13.0. The third-order valence-electron chi connectivity index (χ3n) is 3.45. The number of halogens is 1. The average molecular weight is 330 g/mol. The summed E-state index contributed by atoms with van der Waals surface area (Å²) >= 11 is 0.926. The normalized spacial score (nSPS) is 13.9. The van der Waals surface area contributed by atoms with E-state index in [0.29, 0.717) is 0 Å². The molecule has 1 aliphatic heterocycles. The first kappa shape index (κ1) is 13.7. The molecule has 0 fully saturated rings. The van der Waals surface area contributed by atoms with Gasteiger partial charge in [0, 0.05) is 0 Å². The highest BCUT2D eigenvalue weighted by Gasteiger charge is 2.41. The summed E-state index contributed by atoms with van der Waals surface area (Å²) in [7, 11) is 0. The lowest BCUT2D eigenvalue weighted by Crippen LogP contribution is -2.30. The lowest BCUT2D eigenvalue weighted by Gasteiger charge is -2.13. The van der Waals surface area contributed by atoms with Crippen LogP contribution in [0.25, 0.3) is 4.96 Å². The standard InChI is InChI=1S/C14H7FN4O3S/c1-6-11(20)16-14-19(17-6)9-10(23-14)13(22)18(12(9)21)8-4-2-7(15)3-5-8/h2-5H,1H3. The van der Waals surface area contributed by atoms with Crippen molar-refractivity contribution in [2.45, 2.75) is 6.92 Å². The monoisotopic (exact) mass is 330 g/mol. The Hall–Kier alpha value is -2.94. The Bertz CT molecular complexity index is 1050. The second-order valence-electron chi connectivity index (χ2n) is 4.90. The van der Waals surface area contributed by atoms with Crippen LogP contribution < -0.4 is 10.5 Å². The first-order chi connectivity index (χ1) is 11.0. The molecule has 0 N–H and O–H groups in total. The molecule has 23 heavy (non-hydrogen) atoms. The van der Waals surface area contributed by atoms with E-state index in [0.717, 1.165) is 16.2 Å². The highest BCUT2D eigenvalue weighted by atomic mass is 32.1. The Balaban J connectivity index is 1.92. The number of fused-ring (bicyclic) bond motifs is 3. The van der Waals surface area contributed by atoms with Crippen molar-refractivity contribution in [3.05, 3.63) is 56.7 Å². The van der Waals surface area contributed by atoms with Gasteiger partial charge < -0.3 is 0 Å². The lowest BCUT2D eigenvalue weighted by atomic mass is 10.3. The van der Waals surface area contributed by atoms with E-state index in [1.165, 1.54) is 35.7 Å². The zero-order valence-corrected chi connectivity index (χ0v) is 12.4. The summed E-state index contributed by atoms with van der Waals surface area (Å²) in [4.78, 5) is 41.8. The summed E-state index contributed by atoms with van der Waals surface area (Å²) in [5.74, 6) is -1.59. The molecule has 1 aromatic carbocycles. The van der Waals surface area contributed by atoms with Crippen molar-refractivity contribution in [3.8, 4) is 0 Å². The number of hydrogen-bond acceptors (Lipinski definition) is 6. The van der Waals surface area contributed by atoms with Crippen LogP contribution >= 0.6 is 11.3 Å². The number of anilines is 1. The summed E-state index contributed by atoms with van der Waals surface area (Å²) in [6.07, 6.45) is 0. The number of nitrogens with zero attached hydrogens (tertiary/aromatic N) is 4. The van der Waals surface area contributed by atoms with Crippen LogP contribution in [0.1, 0.15) is 25.9 Å². The fourth-order valence-electron chi connectivity index (χ4n) is 2.36.